The Morgan fingerprint density at radius 2 is 1.77 bits per heavy atom. The summed E-state index contributed by atoms with van der Waals surface area (Å²) in [6.45, 7) is 1.62. The van der Waals surface area contributed by atoms with Crippen molar-refractivity contribution in [3.63, 3.8) is 0 Å². The highest BCUT2D eigenvalue weighted by molar-refractivity contribution is 7.95. The van der Waals surface area contributed by atoms with Crippen molar-refractivity contribution in [2.75, 3.05) is 11.1 Å². The predicted octanol–water partition coefficient (Wildman–Crippen LogP) is 7.02. The van der Waals surface area contributed by atoms with E-state index in [1.54, 1.807) is 37.3 Å². The van der Waals surface area contributed by atoms with Gasteiger partial charge in [-0.25, -0.2) is 8.42 Å². The van der Waals surface area contributed by atoms with Crippen LogP contribution in [0.2, 0.25) is 5.02 Å². The summed E-state index contributed by atoms with van der Waals surface area (Å²) in [5, 5.41) is 3.38. The van der Waals surface area contributed by atoms with Gasteiger partial charge in [-0.05, 0) is 48.7 Å². The quantitative estimate of drug-likeness (QED) is 0.355. The highest BCUT2D eigenvalue weighted by Crippen LogP contribution is 2.38. The lowest BCUT2D eigenvalue weighted by Gasteiger charge is -2.16. The monoisotopic (exact) mass is 507 g/mol. The fourth-order valence-electron chi connectivity index (χ4n) is 3.85. The lowest BCUT2D eigenvalue weighted by atomic mass is 9.97. The lowest BCUT2D eigenvalue weighted by Crippen LogP contribution is -2.17. The van der Waals surface area contributed by atoms with E-state index in [0.717, 1.165) is 16.9 Å². The second kappa shape index (κ2) is 10.9. The van der Waals surface area contributed by atoms with Crippen molar-refractivity contribution in [2.24, 2.45) is 5.92 Å². The topological polar surface area (TPSA) is 72.5 Å². The summed E-state index contributed by atoms with van der Waals surface area (Å²) in [7, 11) is -3.22. The molecule has 0 heterocycles. The molecule has 0 fully saturated rings. The standard InChI is InChI=1S/C28H26ClNO4S/c1-2-35(32,33)23-15-12-20(13-16-23)18-28(31)30-21-14-17-24(26(29)19-21)25-10-6-7-11-27(25)34-22-8-4-3-5-9-22/h3-12,14-17,19-20H,2,13,18H2,1H3,(H,30,31). The van der Waals surface area contributed by atoms with Crippen LogP contribution in [0, 0.1) is 5.92 Å². The number of allylic oxidation sites excluding steroid dienone is 3. The fourth-order valence-corrected chi connectivity index (χ4v) is 5.10. The number of sulfone groups is 1. The number of carbonyl (C=O) groups excluding carboxylic acids is 1. The van der Waals surface area contributed by atoms with Gasteiger partial charge in [0, 0.05) is 23.2 Å². The van der Waals surface area contributed by atoms with E-state index in [4.69, 9.17) is 16.3 Å². The van der Waals surface area contributed by atoms with E-state index in [-0.39, 0.29) is 24.0 Å². The molecule has 5 nitrogen and oxygen atoms in total. The van der Waals surface area contributed by atoms with Gasteiger partial charge in [0.1, 0.15) is 11.5 Å². The van der Waals surface area contributed by atoms with Crippen LogP contribution >= 0.6 is 11.6 Å². The summed E-state index contributed by atoms with van der Waals surface area (Å²) in [5.41, 5.74) is 2.23. The molecule has 0 saturated heterocycles. The Kier molecular flexibility index (Phi) is 7.73. The molecular formula is C28H26ClNO4S. The average molecular weight is 508 g/mol. The van der Waals surface area contributed by atoms with Crippen LogP contribution in [0.3, 0.4) is 0 Å². The molecule has 180 valence electrons. The molecule has 3 aromatic rings. The molecule has 1 aliphatic carbocycles. The van der Waals surface area contributed by atoms with Gasteiger partial charge in [0.05, 0.1) is 15.7 Å². The smallest absolute Gasteiger partial charge is 0.224 e. The van der Waals surface area contributed by atoms with Gasteiger partial charge in [-0.1, -0.05) is 73.1 Å². The van der Waals surface area contributed by atoms with Crippen LogP contribution in [0.15, 0.2) is 95.9 Å². The van der Waals surface area contributed by atoms with E-state index in [9.17, 15) is 13.2 Å². The number of benzene rings is 3. The molecule has 1 amide bonds. The number of hydrogen-bond donors (Lipinski definition) is 1. The highest BCUT2D eigenvalue weighted by atomic mass is 35.5. The second-order valence-corrected chi connectivity index (χ2v) is 10.9. The Hall–Kier alpha value is -3.35. The summed E-state index contributed by atoms with van der Waals surface area (Å²) in [4.78, 5) is 12.9. The van der Waals surface area contributed by atoms with Gasteiger partial charge in [-0.15, -0.1) is 0 Å². The molecule has 0 bridgehead atoms. The van der Waals surface area contributed by atoms with Crippen molar-refractivity contribution in [3.8, 4) is 22.6 Å². The molecule has 0 radical (unpaired) electrons. The largest absolute Gasteiger partial charge is 0.457 e. The number of nitrogens with one attached hydrogen (secondary N) is 1. The first kappa shape index (κ1) is 24.8. The molecule has 3 aromatic carbocycles. The Morgan fingerprint density at radius 3 is 2.46 bits per heavy atom. The first-order valence-corrected chi connectivity index (χ1v) is 13.4. The average Bonchev–Trinajstić information content (AvgIpc) is 2.86. The minimum atomic E-state index is -3.22. The van der Waals surface area contributed by atoms with Gasteiger partial charge in [0.15, 0.2) is 9.84 Å². The Labute approximate surface area is 211 Å². The van der Waals surface area contributed by atoms with Crippen molar-refractivity contribution >= 4 is 33.0 Å². The van der Waals surface area contributed by atoms with Crippen molar-refractivity contribution < 1.29 is 17.9 Å². The third kappa shape index (κ3) is 6.21. The molecule has 4 rings (SSSR count). The lowest BCUT2D eigenvalue weighted by molar-refractivity contribution is -0.116. The molecule has 7 heteroatoms. The molecule has 0 aliphatic heterocycles. The Bertz CT molecular complexity index is 1380. The van der Waals surface area contributed by atoms with Crippen LogP contribution in [-0.2, 0) is 14.6 Å². The Balaban J connectivity index is 1.43. The molecule has 0 saturated carbocycles. The summed E-state index contributed by atoms with van der Waals surface area (Å²) in [6.07, 6.45) is 5.84. The maximum Gasteiger partial charge on any atom is 0.224 e. The molecule has 1 unspecified atom stereocenters. The van der Waals surface area contributed by atoms with Gasteiger partial charge >= 0.3 is 0 Å². The number of amides is 1. The van der Waals surface area contributed by atoms with Crippen molar-refractivity contribution in [3.05, 3.63) is 101 Å². The number of hydrogen-bond acceptors (Lipinski definition) is 4. The fraction of sp³-hybridized carbons (Fsp3) is 0.179. The van der Waals surface area contributed by atoms with Gasteiger partial charge in [-0.2, -0.15) is 0 Å². The zero-order valence-electron chi connectivity index (χ0n) is 19.3. The number of rotatable bonds is 8. The third-order valence-corrected chi connectivity index (χ3v) is 7.84. The highest BCUT2D eigenvalue weighted by Gasteiger charge is 2.19. The Morgan fingerprint density at radius 1 is 1.03 bits per heavy atom. The van der Waals surface area contributed by atoms with Gasteiger partial charge in [-0.3, -0.25) is 4.79 Å². The first-order chi connectivity index (χ1) is 16.9. The normalized spacial score (nSPS) is 15.4. The van der Waals surface area contributed by atoms with Crippen molar-refractivity contribution in [2.45, 2.75) is 19.8 Å². The first-order valence-electron chi connectivity index (χ1n) is 11.4. The molecule has 35 heavy (non-hydrogen) atoms. The molecule has 1 atom stereocenters. The summed E-state index contributed by atoms with van der Waals surface area (Å²) in [5.74, 6) is 1.26. The van der Waals surface area contributed by atoms with E-state index in [1.165, 1.54) is 0 Å². The zero-order valence-corrected chi connectivity index (χ0v) is 20.9. The van der Waals surface area contributed by atoms with E-state index in [0.29, 0.717) is 27.8 Å². The van der Waals surface area contributed by atoms with Crippen LogP contribution in [0.25, 0.3) is 11.1 Å². The summed E-state index contributed by atoms with van der Waals surface area (Å²) < 4.78 is 30.0. The van der Waals surface area contributed by atoms with E-state index in [1.807, 2.05) is 60.7 Å². The van der Waals surface area contributed by atoms with Gasteiger partial charge in [0.2, 0.25) is 5.91 Å². The van der Waals surface area contributed by atoms with Gasteiger partial charge < -0.3 is 10.1 Å². The van der Waals surface area contributed by atoms with Crippen LogP contribution in [-0.4, -0.2) is 20.1 Å². The van der Waals surface area contributed by atoms with E-state index in [2.05, 4.69) is 5.32 Å². The molecule has 0 spiro atoms. The van der Waals surface area contributed by atoms with E-state index >= 15 is 0 Å². The van der Waals surface area contributed by atoms with Crippen LogP contribution in [0.1, 0.15) is 19.8 Å². The third-order valence-electron chi connectivity index (χ3n) is 5.74. The number of halogens is 1. The number of para-hydroxylation sites is 2. The maximum absolute atomic E-state index is 12.6. The molecule has 0 aromatic heterocycles. The number of ether oxygens (including phenoxy) is 1. The van der Waals surface area contributed by atoms with Gasteiger partial charge in [0.25, 0.3) is 0 Å². The van der Waals surface area contributed by atoms with E-state index < -0.39 is 9.84 Å². The van der Waals surface area contributed by atoms with Crippen LogP contribution in [0.5, 0.6) is 11.5 Å². The van der Waals surface area contributed by atoms with Crippen molar-refractivity contribution in [1.82, 2.24) is 0 Å². The van der Waals surface area contributed by atoms with Crippen LogP contribution < -0.4 is 10.1 Å². The number of carbonyl (C=O) groups is 1. The van der Waals surface area contributed by atoms with Crippen LogP contribution in [0.4, 0.5) is 5.69 Å². The molecular weight excluding hydrogens is 482 g/mol. The summed E-state index contributed by atoms with van der Waals surface area (Å²) in [6, 6.07) is 22.6. The molecule has 1 aliphatic rings. The minimum Gasteiger partial charge on any atom is -0.457 e. The minimum absolute atomic E-state index is 0.0532. The molecule has 1 N–H and O–H groups in total. The second-order valence-electron chi connectivity index (χ2n) is 8.22. The SMILES string of the molecule is CCS(=O)(=O)C1=CCC(CC(=O)Nc2ccc(-c3ccccc3Oc3ccccc3)c(Cl)c2)C=C1. The summed E-state index contributed by atoms with van der Waals surface area (Å²) >= 11 is 6.60. The van der Waals surface area contributed by atoms with Crippen molar-refractivity contribution in [1.29, 1.82) is 0 Å². The number of anilines is 1. The maximum atomic E-state index is 12.6. The predicted molar refractivity (Wildman–Crippen MR) is 141 cm³/mol. The zero-order chi connectivity index (χ0) is 24.8.